The fourth-order valence-electron chi connectivity index (χ4n) is 8.53. The zero-order valence-corrected chi connectivity index (χ0v) is 35.5. The van der Waals surface area contributed by atoms with Gasteiger partial charge in [-0.3, -0.25) is 4.79 Å². The second-order valence-corrected chi connectivity index (χ2v) is 27.9. The van der Waals surface area contributed by atoms with E-state index in [2.05, 4.69) is 119 Å². The molecule has 1 aliphatic carbocycles. The number of hydrogen-bond acceptors (Lipinski definition) is 7. The average Bonchev–Trinajstić information content (AvgIpc) is 3.34. The molecule has 282 valence electrons. The molecule has 0 N–H and O–H groups in total. The largest absolute Gasteiger partial charge is 0.462 e. The second kappa shape index (κ2) is 14.8. The van der Waals surface area contributed by atoms with Gasteiger partial charge in [-0.15, -0.1) is 0 Å². The molecule has 10 atom stereocenters. The number of fused-ring (bicyclic) bond motifs is 2. The maximum atomic E-state index is 14.9. The zero-order chi connectivity index (χ0) is 36.9. The fourth-order valence-corrected chi connectivity index (χ4v) is 11.2. The molecule has 0 unspecified atom stereocenters. The van der Waals surface area contributed by atoms with Gasteiger partial charge in [0.15, 0.2) is 22.4 Å². The van der Waals surface area contributed by atoms with Crippen molar-refractivity contribution >= 4 is 22.6 Å². The maximum absolute atomic E-state index is 14.9. The van der Waals surface area contributed by atoms with Crippen LogP contribution >= 0.6 is 0 Å². The molecule has 4 heterocycles. The number of allylic oxidation sites excluding steroid dienone is 4. The molecule has 9 heteroatoms. The van der Waals surface area contributed by atoms with Crippen LogP contribution in [0.1, 0.15) is 100 Å². The van der Waals surface area contributed by atoms with E-state index in [-0.39, 0.29) is 35.4 Å². The SMILES string of the molecule is CC[C@H]1O[C@]2(CC[C@@H]1C)C[C@@H]1C[C@@H](C/C=C(\C)C[C@@H](C)/C=C/C=C3\CO[C@@H]4[C@H](O[Si](C)(C)C(C)(C)C)C(C)=C[C@@H](C(=O)O1)[C@]34O[Si](C)(C)C)O2. The Morgan fingerprint density at radius 2 is 1.76 bits per heavy atom. The van der Waals surface area contributed by atoms with Crippen LogP contribution in [0.5, 0.6) is 0 Å². The molecular weight excluding hydrogens is 661 g/mol. The van der Waals surface area contributed by atoms with Gasteiger partial charge in [0.1, 0.15) is 23.7 Å². The van der Waals surface area contributed by atoms with E-state index in [9.17, 15) is 4.79 Å². The summed E-state index contributed by atoms with van der Waals surface area (Å²) < 4.78 is 41.7. The number of esters is 1. The molecule has 0 radical (unpaired) electrons. The van der Waals surface area contributed by atoms with Crippen molar-refractivity contribution in [1.29, 1.82) is 0 Å². The summed E-state index contributed by atoms with van der Waals surface area (Å²) >= 11 is 0. The highest BCUT2D eigenvalue weighted by Gasteiger charge is 2.64. The number of carbonyl (C=O) groups excluding carboxylic acids is 1. The van der Waals surface area contributed by atoms with Crippen molar-refractivity contribution in [2.45, 2.75) is 180 Å². The average molecular weight is 729 g/mol. The predicted octanol–water partition coefficient (Wildman–Crippen LogP) is 9.81. The quantitative estimate of drug-likeness (QED) is 0.159. The number of ether oxygens (including phenoxy) is 4. The van der Waals surface area contributed by atoms with Crippen LogP contribution in [-0.4, -0.2) is 71.1 Å². The van der Waals surface area contributed by atoms with Crippen LogP contribution < -0.4 is 0 Å². The topological polar surface area (TPSA) is 72.5 Å². The van der Waals surface area contributed by atoms with Crippen LogP contribution in [-0.2, 0) is 32.6 Å². The van der Waals surface area contributed by atoms with Gasteiger partial charge in [0, 0.05) is 19.3 Å². The van der Waals surface area contributed by atoms with Crippen molar-refractivity contribution in [3.05, 3.63) is 47.1 Å². The minimum Gasteiger partial charge on any atom is -0.462 e. The lowest BCUT2D eigenvalue weighted by Crippen LogP contribution is -2.64. The molecule has 5 rings (SSSR count). The van der Waals surface area contributed by atoms with Crippen molar-refractivity contribution in [3.63, 3.8) is 0 Å². The summed E-state index contributed by atoms with van der Waals surface area (Å²) in [5, 5.41) is 0.00435. The monoisotopic (exact) mass is 728 g/mol. The van der Waals surface area contributed by atoms with E-state index < -0.39 is 40.0 Å². The van der Waals surface area contributed by atoms with Crippen molar-refractivity contribution in [1.82, 2.24) is 0 Å². The van der Waals surface area contributed by atoms with E-state index in [1.54, 1.807) is 0 Å². The van der Waals surface area contributed by atoms with Crippen molar-refractivity contribution in [2.75, 3.05) is 6.61 Å². The molecular formula is C41H68O7Si2. The molecule has 0 saturated carbocycles. The third kappa shape index (κ3) is 8.39. The number of carbonyl (C=O) groups is 1. The lowest BCUT2D eigenvalue weighted by molar-refractivity contribution is -0.335. The van der Waals surface area contributed by atoms with E-state index in [1.165, 1.54) is 5.57 Å². The third-order valence-electron chi connectivity index (χ3n) is 12.1. The molecule has 0 aromatic carbocycles. The van der Waals surface area contributed by atoms with Gasteiger partial charge >= 0.3 is 5.97 Å². The van der Waals surface area contributed by atoms with Crippen LogP contribution in [0, 0.1) is 17.8 Å². The molecule has 0 aromatic rings. The molecule has 5 aliphatic rings. The van der Waals surface area contributed by atoms with E-state index in [4.69, 9.17) is 27.8 Å². The van der Waals surface area contributed by atoms with Crippen LogP contribution in [0.25, 0.3) is 0 Å². The molecule has 0 amide bonds. The molecule has 50 heavy (non-hydrogen) atoms. The molecule has 2 bridgehead atoms. The second-order valence-electron chi connectivity index (χ2n) is 18.7. The molecule has 0 aromatic heterocycles. The Morgan fingerprint density at radius 1 is 1.04 bits per heavy atom. The van der Waals surface area contributed by atoms with E-state index in [1.807, 2.05) is 0 Å². The first-order valence-electron chi connectivity index (χ1n) is 19.5. The Bertz CT molecular complexity index is 1370. The molecule has 1 spiro atoms. The van der Waals surface area contributed by atoms with E-state index in [0.717, 1.165) is 43.3 Å². The van der Waals surface area contributed by atoms with Gasteiger partial charge in [0.2, 0.25) is 0 Å². The van der Waals surface area contributed by atoms with Crippen molar-refractivity contribution in [2.24, 2.45) is 17.8 Å². The highest BCUT2D eigenvalue weighted by Crippen LogP contribution is 2.52. The normalized spacial score (nSPS) is 41.7. The first-order chi connectivity index (χ1) is 23.2. The minimum absolute atomic E-state index is 0.00435. The summed E-state index contributed by atoms with van der Waals surface area (Å²) in [4.78, 5) is 14.9. The lowest BCUT2D eigenvalue weighted by Gasteiger charge is -2.52. The fraction of sp³-hybridized carbons (Fsp3) is 0.780. The van der Waals surface area contributed by atoms with Gasteiger partial charge in [0.25, 0.3) is 0 Å². The summed E-state index contributed by atoms with van der Waals surface area (Å²) in [6.07, 6.45) is 15.5. The van der Waals surface area contributed by atoms with Gasteiger partial charge < -0.3 is 27.8 Å². The smallest absolute Gasteiger partial charge is 0.316 e. The Kier molecular flexibility index (Phi) is 11.8. The van der Waals surface area contributed by atoms with Gasteiger partial charge in [-0.05, 0) is 100 Å². The van der Waals surface area contributed by atoms with Crippen LogP contribution in [0.3, 0.4) is 0 Å². The lowest BCUT2D eigenvalue weighted by atomic mass is 9.71. The summed E-state index contributed by atoms with van der Waals surface area (Å²) in [6, 6.07) is 0. The van der Waals surface area contributed by atoms with Gasteiger partial charge in [-0.1, -0.05) is 77.5 Å². The Morgan fingerprint density at radius 3 is 2.42 bits per heavy atom. The highest BCUT2D eigenvalue weighted by molar-refractivity contribution is 6.74. The first kappa shape index (κ1) is 39.9. The van der Waals surface area contributed by atoms with E-state index >= 15 is 0 Å². The van der Waals surface area contributed by atoms with Crippen LogP contribution in [0.2, 0.25) is 37.8 Å². The minimum atomic E-state index is -2.28. The van der Waals surface area contributed by atoms with Crippen LogP contribution in [0.15, 0.2) is 47.1 Å². The van der Waals surface area contributed by atoms with E-state index in [0.29, 0.717) is 31.3 Å². The maximum Gasteiger partial charge on any atom is 0.316 e. The van der Waals surface area contributed by atoms with Gasteiger partial charge in [0.05, 0.1) is 24.9 Å². The van der Waals surface area contributed by atoms with Crippen molar-refractivity contribution < 1.29 is 32.6 Å². The first-order valence-corrected chi connectivity index (χ1v) is 25.8. The Balaban J connectivity index is 1.62. The Labute approximate surface area is 305 Å². The standard InChI is InChI=1S/C41H68O7Si2/c1-14-35-29(4)20-21-40(46-35)25-33-24-32(45-40)19-18-28(3)22-27(2)16-15-17-31-26-43-37-36(47-50(12,13)39(6,7)8)30(5)23-34(38(42)44-33)41(31,37)48-49(9,10)11/h15-18,23,27,29,32-37H,14,19-22,24-26H2,1-13H3/b16-15+,28-18+,31-17+/t27-,29-,32+,33-,34-,35+,36+,37+,40+,41+/m0/s1. The third-order valence-corrected chi connectivity index (χ3v) is 17.5. The molecule has 3 fully saturated rings. The zero-order valence-electron chi connectivity index (χ0n) is 33.5. The van der Waals surface area contributed by atoms with Gasteiger partial charge in [-0.2, -0.15) is 0 Å². The summed E-state index contributed by atoms with van der Waals surface area (Å²) in [7, 11) is -4.51. The molecule has 7 nitrogen and oxygen atoms in total. The Hall–Kier alpha value is -1.34. The summed E-state index contributed by atoms with van der Waals surface area (Å²) in [5.74, 6) is -0.880. The summed E-state index contributed by atoms with van der Waals surface area (Å²) in [5.41, 5.74) is 2.29. The van der Waals surface area contributed by atoms with Gasteiger partial charge in [-0.25, -0.2) is 0 Å². The summed E-state index contributed by atoms with van der Waals surface area (Å²) in [6.45, 7) is 29.3. The predicted molar refractivity (Wildman–Crippen MR) is 206 cm³/mol. The van der Waals surface area contributed by atoms with Crippen LogP contribution in [0.4, 0.5) is 0 Å². The number of rotatable bonds is 5. The number of hydrogen-bond donors (Lipinski definition) is 0. The molecule has 3 saturated heterocycles. The van der Waals surface area contributed by atoms with Crippen molar-refractivity contribution in [3.8, 4) is 0 Å². The highest BCUT2D eigenvalue weighted by atomic mass is 28.4. The molecule has 4 aliphatic heterocycles.